The molecule has 0 amide bonds. The lowest BCUT2D eigenvalue weighted by atomic mass is 10.00. The van der Waals surface area contributed by atoms with Crippen molar-refractivity contribution in [2.45, 2.75) is 32.7 Å². The predicted molar refractivity (Wildman–Crippen MR) is 40.1 cm³/mol. The van der Waals surface area contributed by atoms with Crippen LogP contribution in [0, 0.1) is 5.41 Å². The molecule has 1 unspecified atom stereocenters. The van der Waals surface area contributed by atoms with Gasteiger partial charge < -0.3 is 5.73 Å². The van der Waals surface area contributed by atoms with Gasteiger partial charge in [-0.2, -0.15) is 0 Å². The van der Waals surface area contributed by atoms with Gasteiger partial charge in [0.15, 0.2) is 0 Å². The van der Waals surface area contributed by atoms with E-state index in [2.05, 4.69) is 20.4 Å². The van der Waals surface area contributed by atoms with Gasteiger partial charge in [-0.3, -0.25) is 0 Å². The molecule has 0 aromatic heterocycles. The van der Waals surface area contributed by atoms with E-state index in [1.165, 1.54) is 0 Å². The van der Waals surface area contributed by atoms with Gasteiger partial charge >= 0.3 is 0 Å². The van der Waals surface area contributed by atoms with E-state index in [1.54, 1.807) is 0 Å². The Bertz CT molecular complexity index is 158. The Morgan fingerprint density at radius 3 is 1.89 bits per heavy atom. The molecule has 0 aromatic carbocycles. The van der Waals surface area contributed by atoms with Crippen LogP contribution in [0.5, 0.6) is 0 Å². The first-order valence-corrected chi connectivity index (χ1v) is 3.35. The van der Waals surface area contributed by atoms with Crippen LogP contribution in [0.3, 0.4) is 0 Å². The van der Waals surface area contributed by atoms with Crippen molar-refractivity contribution in [2.24, 2.45) is 11.1 Å². The highest BCUT2D eigenvalue weighted by molar-refractivity contribution is 5.31. The summed E-state index contributed by atoms with van der Waals surface area (Å²) < 4.78 is 0. The van der Waals surface area contributed by atoms with E-state index < -0.39 is 0 Å². The first-order valence-electron chi connectivity index (χ1n) is 3.35. The maximum atomic E-state index is 5.97. The van der Waals surface area contributed by atoms with Crippen LogP contribution in [-0.4, -0.2) is 5.54 Å². The summed E-state index contributed by atoms with van der Waals surface area (Å²) in [7, 11) is 0. The third-order valence-corrected chi connectivity index (χ3v) is 2.57. The van der Waals surface area contributed by atoms with Crippen LogP contribution in [0.15, 0.2) is 12.2 Å². The van der Waals surface area contributed by atoms with Gasteiger partial charge in [0.2, 0.25) is 0 Å². The molecule has 9 heavy (non-hydrogen) atoms. The fourth-order valence-corrected chi connectivity index (χ4v) is 1.38. The Morgan fingerprint density at radius 2 is 1.89 bits per heavy atom. The van der Waals surface area contributed by atoms with Crippen molar-refractivity contribution in [3.8, 4) is 0 Å². The lowest BCUT2D eigenvalue weighted by molar-refractivity contribution is 0.542. The topological polar surface area (TPSA) is 26.0 Å². The normalized spacial score (nSPS) is 38.2. The van der Waals surface area contributed by atoms with Crippen molar-refractivity contribution in [1.82, 2.24) is 0 Å². The number of hydrogen-bond donors (Lipinski definition) is 1. The molecule has 0 bridgehead atoms. The molecule has 0 aliphatic heterocycles. The van der Waals surface area contributed by atoms with Crippen molar-refractivity contribution >= 4 is 0 Å². The minimum atomic E-state index is -0.0486. The van der Waals surface area contributed by atoms with Crippen molar-refractivity contribution in [3.05, 3.63) is 12.2 Å². The van der Waals surface area contributed by atoms with Crippen molar-refractivity contribution in [3.63, 3.8) is 0 Å². The zero-order valence-corrected chi connectivity index (χ0v) is 6.49. The SMILES string of the molecule is C=C(C)C1(N)CC1(C)C. The highest BCUT2D eigenvalue weighted by Crippen LogP contribution is 2.56. The van der Waals surface area contributed by atoms with E-state index in [4.69, 9.17) is 5.73 Å². The summed E-state index contributed by atoms with van der Waals surface area (Å²) in [5, 5.41) is 0. The zero-order chi connectivity index (χ0) is 7.28. The van der Waals surface area contributed by atoms with Crippen LogP contribution in [0.1, 0.15) is 27.2 Å². The second kappa shape index (κ2) is 1.40. The Kier molecular flexibility index (Phi) is 1.06. The minimum Gasteiger partial charge on any atom is -0.321 e. The van der Waals surface area contributed by atoms with Gasteiger partial charge in [-0.05, 0) is 18.8 Å². The van der Waals surface area contributed by atoms with Crippen LogP contribution in [-0.2, 0) is 0 Å². The molecule has 0 aromatic rings. The second-order valence-corrected chi connectivity index (χ2v) is 3.81. The van der Waals surface area contributed by atoms with Gasteiger partial charge in [0.25, 0.3) is 0 Å². The van der Waals surface area contributed by atoms with Crippen LogP contribution in [0.25, 0.3) is 0 Å². The smallest absolute Gasteiger partial charge is 0.0422 e. The van der Waals surface area contributed by atoms with Crippen LogP contribution < -0.4 is 5.73 Å². The van der Waals surface area contributed by atoms with Gasteiger partial charge in [0, 0.05) is 5.54 Å². The van der Waals surface area contributed by atoms with Crippen LogP contribution in [0.2, 0.25) is 0 Å². The monoisotopic (exact) mass is 125 g/mol. The second-order valence-electron chi connectivity index (χ2n) is 3.81. The maximum Gasteiger partial charge on any atom is 0.0422 e. The molecule has 1 aliphatic carbocycles. The Morgan fingerprint density at radius 1 is 1.56 bits per heavy atom. The molecular formula is C8H15N. The van der Waals surface area contributed by atoms with E-state index in [0.717, 1.165) is 12.0 Å². The molecule has 1 rings (SSSR count). The Labute approximate surface area is 56.9 Å². The fraction of sp³-hybridized carbons (Fsp3) is 0.750. The zero-order valence-electron chi connectivity index (χ0n) is 6.49. The molecule has 1 atom stereocenters. The van der Waals surface area contributed by atoms with E-state index >= 15 is 0 Å². The predicted octanol–water partition coefficient (Wildman–Crippen LogP) is 1.69. The fourth-order valence-electron chi connectivity index (χ4n) is 1.38. The summed E-state index contributed by atoms with van der Waals surface area (Å²) in [5.41, 5.74) is 7.34. The molecule has 0 heterocycles. The lowest BCUT2D eigenvalue weighted by Crippen LogP contribution is -2.28. The first kappa shape index (κ1) is 6.81. The van der Waals surface area contributed by atoms with E-state index in [0.29, 0.717) is 5.41 Å². The van der Waals surface area contributed by atoms with Crippen molar-refractivity contribution < 1.29 is 0 Å². The lowest BCUT2D eigenvalue weighted by Gasteiger charge is -2.13. The Hall–Kier alpha value is -0.300. The maximum absolute atomic E-state index is 5.97. The van der Waals surface area contributed by atoms with Crippen molar-refractivity contribution in [2.75, 3.05) is 0 Å². The molecule has 1 heteroatoms. The third kappa shape index (κ3) is 0.715. The highest BCUT2D eigenvalue weighted by Gasteiger charge is 2.58. The average Bonchev–Trinajstić information content (AvgIpc) is 2.08. The number of rotatable bonds is 1. The molecule has 1 fully saturated rings. The van der Waals surface area contributed by atoms with E-state index in [-0.39, 0.29) is 5.54 Å². The summed E-state index contributed by atoms with van der Waals surface area (Å²) in [6, 6.07) is 0. The van der Waals surface area contributed by atoms with Crippen LogP contribution >= 0.6 is 0 Å². The van der Waals surface area contributed by atoms with E-state index in [9.17, 15) is 0 Å². The summed E-state index contributed by atoms with van der Waals surface area (Å²) in [5.74, 6) is 0. The summed E-state index contributed by atoms with van der Waals surface area (Å²) in [6.45, 7) is 10.2. The van der Waals surface area contributed by atoms with Gasteiger partial charge in [-0.1, -0.05) is 26.0 Å². The molecule has 1 saturated carbocycles. The molecular weight excluding hydrogens is 110 g/mol. The van der Waals surface area contributed by atoms with Gasteiger partial charge in [0.05, 0.1) is 0 Å². The van der Waals surface area contributed by atoms with Gasteiger partial charge in [-0.25, -0.2) is 0 Å². The highest BCUT2D eigenvalue weighted by atomic mass is 14.9. The third-order valence-electron chi connectivity index (χ3n) is 2.57. The molecule has 0 spiro atoms. The largest absolute Gasteiger partial charge is 0.321 e. The summed E-state index contributed by atoms with van der Waals surface area (Å²) >= 11 is 0. The molecule has 1 nitrogen and oxygen atoms in total. The Balaban J connectivity index is 2.74. The quantitative estimate of drug-likeness (QED) is 0.530. The number of hydrogen-bond acceptors (Lipinski definition) is 1. The summed E-state index contributed by atoms with van der Waals surface area (Å²) in [6.07, 6.45) is 1.09. The first-order chi connectivity index (χ1) is 3.90. The summed E-state index contributed by atoms with van der Waals surface area (Å²) in [4.78, 5) is 0. The molecule has 2 N–H and O–H groups in total. The number of nitrogens with two attached hydrogens (primary N) is 1. The molecule has 52 valence electrons. The molecule has 0 saturated heterocycles. The minimum absolute atomic E-state index is 0.0486. The average molecular weight is 125 g/mol. The van der Waals surface area contributed by atoms with Crippen molar-refractivity contribution in [1.29, 1.82) is 0 Å². The molecule has 1 aliphatic rings. The van der Waals surface area contributed by atoms with Gasteiger partial charge in [-0.15, -0.1) is 0 Å². The molecule has 0 radical (unpaired) electrons. The van der Waals surface area contributed by atoms with E-state index in [1.807, 2.05) is 6.92 Å². The van der Waals surface area contributed by atoms with Gasteiger partial charge in [0.1, 0.15) is 0 Å². The standard InChI is InChI=1S/C8H15N/c1-6(2)8(9)5-7(8,3)4/h1,5,9H2,2-4H3. The van der Waals surface area contributed by atoms with Crippen LogP contribution in [0.4, 0.5) is 0 Å².